The van der Waals surface area contributed by atoms with Crippen molar-refractivity contribution in [1.82, 2.24) is 5.32 Å². The van der Waals surface area contributed by atoms with Gasteiger partial charge in [-0.3, -0.25) is 0 Å². The second-order valence-electron chi connectivity index (χ2n) is 4.26. The maximum atomic E-state index is 5.42. The smallest absolute Gasteiger partial charge is 0.116 e. The molecule has 1 aliphatic heterocycles. The van der Waals surface area contributed by atoms with E-state index in [1.54, 1.807) is 0 Å². The number of allylic oxidation sites excluding steroid dienone is 2. The summed E-state index contributed by atoms with van der Waals surface area (Å²) in [6.45, 7) is 8.85. The van der Waals surface area contributed by atoms with Crippen LogP contribution in [-0.4, -0.2) is 6.61 Å². The number of nitrogens with one attached hydrogen (secondary N) is 1. The van der Waals surface area contributed by atoms with Crippen molar-refractivity contribution in [2.75, 3.05) is 6.61 Å². The quantitative estimate of drug-likeness (QED) is 0.863. The molecular weight excluding hydrogens is 299 g/mol. The Balaban J connectivity index is 0.00000162. The van der Waals surface area contributed by atoms with Crippen LogP contribution in [0.5, 0.6) is 5.75 Å². The molecule has 1 radical (unpaired) electrons. The van der Waals surface area contributed by atoms with Gasteiger partial charge in [-0.1, -0.05) is 13.5 Å². The van der Waals surface area contributed by atoms with Crippen LogP contribution in [0, 0.1) is 12.0 Å². The van der Waals surface area contributed by atoms with Gasteiger partial charge in [-0.2, -0.15) is 5.56 Å². The van der Waals surface area contributed by atoms with Crippen LogP contribution < -0.4 is 10.1 Å². The molecule has 18 heavy (non-hydrogen) atoms. The van der Waals surface area contributed by atoms with Crippen LogP contribution in [0.25, 0.3) is 5.70 Å². The predicted molar refractivity (Wildman–Crippen MR) is 70.3 cm³/mol. The minimum Gasteiger partial charge on any atom is -0.494 e. The number of hydrogen-bond acceptors (Lipinski definition) is 2. The van der Waals surface area contributed by atoms with Gasteiger partial charge in [0, 0.05) is 38.4 Å². The Bertz CT molecular complexity index is 436. The average Bonchev–Trinajstić information content (AvgIpc) is 2.34. The molecule has 2 rings (SSSR count). The number of benzene rings is 1. The van der Waals surface area contributed by atoms with Crippen molar-refractivity contribution in [3.05, 3.63) is 48.2 Å². The molecule has 2 nitrogen and oxygen atoms in total. The summed E-state index contributed by atoms with van der Waals surface area (Å²) >= 11 is 0. The molecule has 1 aliphatic rings. The first kappa shape index (κ1) is 15.5. The summed E-state index contributed by atoms with van der Waals surface area (Å²) < 4.78 is 5.42. The molecule has 0 saturated carbocycles. The molecular formula is C15H18NOY-. The molecule has 3 heteroatoms. The first-order chi connectivity index (χ1) is 8.20. The van der Waals surface area contributed by atoms with E-state index < -0.39 is 0 Å². The van der Waals surface area contributed by atoms with Crippen molar-refractivity contribution in [1.29, 1.82) is 0 Å². The van der Waals surface area contributed by atoms with Gasteiger partial charge < -0.3 is 10.1 Å². The van der Waals surface area contributed by atoms with Crippen LogP contribution in [-0.2, 0) is 32.7 Å². The molecule has 1 N–H and O–H groups in total. The molecule has 0 amide bonds. The van der Waals surface area contributed by atoms with Crippen molar-refractivity contribution in [3.63, 3.8) is 0 Å². The first-order valence-corrected chi connectivity index (χ1v) is 6.00. The van der Waals surface area contributed by atoms with Crippen molar-refractivity contribution in [2.45, 2.75) is 20.3 Å². The molecule has 1 aromatic carbocycles. The number of ether oxygens (including phenoxy) is 1. The Kier molecular flexibility index (Phi) is 6.10. The van der Waals surface area contributed by atoms with Crippen LogP contribution in [0.1, 0.15) is 25.8 Å². The molecule has 1 aromatic rings. The van der Waals surface area contributed by atoms with Gasteiger partial charge in [0.2, 0.25) is 0 Å². The molecule has 0 aromatic heterocycles. The molecule has 0 fully saturated rings. The third kappa shape index (κ3) is 3.70. The summed E-state index contributed by atoms with van der Waals surface area (Å²) in [5, 5.41) is 3.30. The van der Waals surface area contributed by atoms with Gasteiger partial charge in [0.1, 0.15) is 5.75 Å². The van der Waals surface area contributed by atoms with Gasteiger partial charge in [0.25, 0.3) is 0 Å². The van der Waals surface area contributed by atoms with Crippen molar-refractivity contribution in [3.8, 4) is 5.75 Å². The zero-order chi connectivity index (χ0) is 12.3. The molecule has 0 saturated heterocycles. The summed E-state index contributed by atoms with van der Waals surface area (Å²) in [5.74, 6) is 1.36. The van der Waals surface area contributed by atoms with E-state index in [0.717, 1.165) is 29.1 Å². The van der Waals surface area contributed by atoms with Gasteiger partial charge >= 0.3 is 0 Å². The Morgan fingerprint density at radius 2 is 2.06 bits per heavy atom. The minimum absolute atomic E-state index is 0. The summed E-state index contributed by atoms with van der Waals surface area (Å²) in [6.07, 6.45) is 4.30. The fraction of sp³-hybridized carbons (Fsp3) is 0.333. The van der Waals surface area contributed by atoms with Crippen molar-refractivity contribution < 1.29 is 37.4 Å². The first-order valence-electron chi connectivity index (χ1n) is 6.00. The Hall–Kier alpha value is -0.596. The van der Waals surface area contributed by atoms with E-state index in [1.807, 2.05) is 31.2 Å². The molecule has 0 spiro atoms. The predicted octanol–water partition coefficient (Wildman–Crippen LogP) is 3.37. The van der Waals surface area contributed by atoms with Crippen LogP contribution in [0.15, 0.2) is 36.5 Å². The average molecular weight is 317 g/mol. The van der Waals surface area contributed by atoms with Crippen LogP contribution in [0.4, 0.5) is 0 Å². The molecule has 1 unspecified atom stereocenters. The Morgan fingerprint density at radius 1 is 1.39 bits per heavy atom. The van der Waals surface area contributed by atoms with E-state index in [9.17, 15) is 0 Å². The zero-order valence-electron chi connectivity index (χ0n) is 11.0. The van der Waals surface area contributed by atoms with E-state index >= 15 is 0 Å². The maximum absolute atomic E-state index is 5.42. The third-order valence-electron chi connectivity index (χ3n) is 2.92. The SMILES string of the molecule is C=C1NC(c2ccc(OCC)cc2)=[C-]CC1C.[Y]. The summed E-state index contributed by atoms with van der Waals surface area (Å²) in [5.41, 5.74) is 3.21. The summed E-state index contributed by atoms with van der Waals surface area (Å²) in [4.78, 5) is 0. The van der Waals surface area contributed by atoms with Gasteiger partial charge in [-0.15, -0.1) is 24.3 Å². The molecule has 0 aliphatic carbocycles. The van der Waals surface area contributed by atoms with Crippen molar-refractivity contribution >= 4 is 5.70 Å². The second kappa shape index (κ2) is 7.11. The fourth-order valence-electron chi connectivity index (χ4n) is 1.77. The number of hydrogen-bond donors (Lipinski definition) is 1. The summed E-state index contributed by atoms with van der Waals surface area (Å²) in [7, 11) is 0. The van der Waals surface area contributed by atoms with Gasteiger partial charge in [-0.05, 0) is 25.0 Å². The van der Waals surface area contributed by atoms with Gasteiger partial charge in [0.05, 0.1) is 6.61 Å². The zero-order valence-corrected chi connectivity index (χ0v) is 13.8. The fourth-order valence-corrected chi connectivity index (χ4v) is 1.77. The van der Waals surface area contributed by atoms with Gasteiger partial charge in [0.15, 0.2) is 0 Å². The monoisotopic (exact) mass is 317 g/mol. The third-order valence-corrected chi connectivity index (χ3v) is 2.92. The van der Waals surface area contributed by atoms with E-state index in [4.69, 9.17) is 4.74 Å². The Morgan fingerprint density at radius 3 is 2.61 bits per heavy atom. The van der Waals surface area contributed by atoms with Crippen LogP contribution in [0.3, 0.4) is 0 Å². The topological polar surface area (TPSA) is 21.3 Å². The molecule has 1 heterocycles. The Labute approximate surface area is 134 Å². The van der Waals surface area contributed by atoms with E-state index in [0.29, 0.717) is 12.5 Å². The second-order valence-corrected chi connectivity index (χ2v) is 4.26. The number of rotatable bonds is 3. The van der Waals surface area contributed by atoms with E-state index in [2.05, 4.69) is 24.9 Å². The molecule has 1 atom stereocenters. The van der Waals surface area contributed by atoms with E-state index in [-0.39, 0.29) is 32.7 Å². The van der Waals surface area contributed by atoms with E-state index in [1.165, 1.54) is 0 Å². The van der Waals surface area contributed by atoms with Crippen LogP contribution in [0.2, 0.25) is 0 Å². The minimum atomic E-state index is 0. The summed E-state index contributed by atoms with van der Waals surface area (Å²) in [6, 6.07) is 8.05. The van der Waals surface area contributed by atoms with Crippen LogP contribution >= 0.6 is 0 Å². The normalized spacial score (nSPS) is 18.4. The van der Waals surface area contributed by atoms with Crippen molar-refractivity contribution in [2.24, 2.45) is 5.92 Å². The largest absolute Gasteiger partial charge is 0.494 e. The van der Waals surface area contributed by atoms with Gasteiger partial charge in [-0.25, -0.2) is 6.08 Å². The molecule has 93 valence electrons. The molecule has 0 bridgehead atoms. The maximum Gasteiger partial charge on any atom is 0.116 e. The standard InChI is InChI=1S/C15H18NO.Y/c1-4-17-14-8-6-13(7-9-14)15-10-5-11(2)12(3)16-15;/h6-9,11,16H,3-5H2,1-2H3;/q-1;.